The molecular weight excluding hydrogens is 355 g/mol. The first kappa shape index (κ1) is 16.2. The highest BCUT2D eigenvalue weighted by molar-refractivity contribution is 6.42. The predicted molar refractivity (Wildman–Crippen MR) is 89.8 cm³/mol. The third kappa shape index (κ3) is 3.02. The quantitative estimate of drug-likeness (QED) is 0.292. The van der Waals surface area contributed by atoms with Crippen molar-refractivity contribution >= 4 is 45.8 Å². The van der Waals surface area contributed by atoms with Gasteiger partial charge < -0.3 is 4.74 Å². The minimum absolute atomic E-state index is 0.117. The Morgan fingerprint density at radius 1 is 1.12 bits per heavy atom. The van der Waals surface area contributed by atoms with Gasteiger partial charge in [0.2, 0.25) is 5.75 Å². The summed E-state index contributed by atoms with van der Waals surface area (Å²) in [5.41, 5.74) is -0.0126. The van der Waals surface area contributed by atoms with E-state index in [0.717, 1.165) is 0 Å². The number of benzene rings is 2. The number of esters is 1. The molecule has 24 heavy (non-hydrogen) atoms. The lowest BCUT2D eigenvalue weighted by molar-refractivity contribution is -0.385. The van der Waals surface area contributed by atoms with E-state index in [0.29, 0.717) is 5.39 Å². The first-order valence-electron chi connectivity index (χ1n) is 6.66. The topological polar surface area (TPSA) is 82.3 Å². The normalized spacial score (nSPS) is 10.6. The van der Waals surface area contributed by atoms with Crippen molar-refractivity contribution in [2.75, 3.05) is 0 Å². The van der Waals surface area contributed by atoms with Gasteiger partial charge in [0.25, 0.3) is 0 Å². The van der Waals surface area contributed by atoms with Gasteiger partial charge in [0.05, 0.1) is 20.5 Å². The second-order valence-corrected chi connectivity index (χ2v) is 5.58. The smallest absolute Gasteiger partial charge is 0.343 e. The third-order valence-corrected chi connectivity index (χ3v) is 3.99. The van der Waals surface area contributed by atoms with Gasteiger partial charge >= 0.3 is 11.7 Å². The highest BCUT2D eigenvalue weighted by Crippen LogP contribution is 2.34. The maximum absolute atomic E-state index is 12.3. The van der Waals surface area contributed by atoms with Crippen LogP contribution in [0.4, 0.5) is 5.69 Å². The van der Waals surface area contributed by atoms with E-state index in [1.165, 1.54) is 36.5 Å². The number of halogens is 2. The number of hydrogen-bond donors (Lipinski definition) is 0. The lowest BCUT2D eigenvalue weighted by Gasteiger charge is -2.08. The number of ether oxygens (including phenoxy) is 1. The molecule has 0 aliphatic carbocycles. The van der Waals surface area contributed by atoms with Crippen molar-refractivity contribution in [2.24, 2.45) is 0 Å². The molecule has 0 atom stereocenters. The number of nitro groups is 1. The zero-order chi connectivity index (χ0) is 17.3. The van der Waals surface area contributed by atoms with Crippen LogP contribution in [0.15, 0.2) is 48.7 Å². The van der Waals surface area contributed by atoms with E-state index in [1.807, 2.05) is 0 Å². The lowest BCUT2D eigenvalue weighted by atomic mass is 10.1. The second kappa shape index (κ2) is 6.43. The summed E-state index contributed by atoms with van der Waals surface area (Å²) in [5.74, 6) is -1.01. The van der Waals surface area contributed by atoms with Crippen LogP contribution in [0.1, 0.15) is 10.4 Å². The molecule has 8 heteroatoms. The maximum atomic E-state index is 12.3. The number of aromatic nitrogens is 1. The van der Waals surface area contributed by atoms with Gasteiger partial charge in [0, 0.05) is 17.6 Å². The largest absolute Gasteiger partial charge is 0.413 e. The average Bonchev–Trinajstić information content (AvgIpc) is 2.57. The number of pyridine rings is 1. The molecule has 0 aliphatic rings. The number of carbonyl (C=O) groups is 1. The van der Waals surface area contributed by atoms with Gasteiger partial charge in [0.1, 0.15) is 5.52 Å². The number of nitro benzene ring substituents is 1. The van der Waals surface area contributed by atoms with Gasteiger partial charge in [-0.3, -0.25) is 15.1 Å². The number of rotatable bonds is 3. The van der Waals surface area contributed by atoms with Gasteiger partial charge in [-0.05, 0) is 30.3 Å². The second-order valence-electron chi connectivity index (χ2n) is 4.76. The molecule has 1 aromatic heterocycles. The highest BCUT2D eigenvalue weighted by atomic mass is 35.5. The van der Waals surface area contributed by atoms with E-state index in [2.05, 4.69) is 4.98 Å². The summed E-state index contributed by atoms with van der Waals surface area (Å²) in [4.78, 5) is 27.0. The van der Waals surface area contributed by atoms with Crippen LogP contribution in [0, 0.1) is 10.1 Å². The molecular formula is C16H8Cl2N2O4. The van der Waals surface area contributed by atoms with E-state index in [4.69, 9.17) is 27.9 Å². The Morgan fingerprint density at radius 3 is 2.62 bits per heavy atom. The molecule has 3 aromatic rings. The van der Waals surface area contributed by atoms with E-state index >= 15 is 0 Å². The minimum atomic E-state index is -0.796. The van der Waals surface area contributed by atoms with Crippen molar-refractivity contribution in [3.63, 3.8) is 0 Å². The molecule has 6 nitrogen and oxygen atoms in total. The summed E-state index contributed by atoms with van der Waals surface area (Å²) in [5, 5.41) is 12.3. The van der Waals surface area contributed by atoms with Crippen LogP contribution in [-0.2, 0) is 0 Å². The Labute approximate surface area is 145 Å². The van der Waals surface area contributed by atoms with E-state index in [9.17, 15) is 14.9 Å². The molecule has 0 amide bonds. The Hall–Kier alpha value is -2.70. The Morgan fingerprint density at radius 2 is 1.92 bits per heavy atom. The van der Waals surface area contributed by atoms with Crippen molar-refractivity contribution in [1.29, 1.82) is 0 Å². The van der Waals surface area contributed by atoms with E-state index in [1.54, 1.807) is 12.1 Å². The van der Waals surface area contributed by atoms with Crippen LogP contribution in [0.3, 0.4) is 0 Å². The average molecular weight is 363 g/mol. The van der Waals surface area contributed by atoms with Crippen molar-refractivity contribution in [3.8, 4) is 5.75 Å². The molecule has 0 N–H and O–H groups in total. The van der Waals surface area contributed by atoms with Crippen LogP contribution >= 0.6 is 23.2 Å². The first-order valence-corrected chi connectivity index (χ1v) is 7.42. The van der Waals surface area contributed by atoms with Gasteiger partial charge in [-0.2, -0.15) is 0 Å². The Balaban J connectivity index is 2.08. The summed E-state index contributed by atoms with van der Waals surface area (Å²) in [6.07, 6.45) is 1.46. The van der Waals surface area contributed by atoms with Crippen molar-refractivity contribution in [3.05, 3.63) is 74.4 Å². The molecule has 3 rings (SSSR count). The number of fused-ring (bicyclic) bond motifs is 1. The molecule has 1 heterocycles. The molecule has 0 radical (unpaired) electrons. The molecule has 0 aliphatic heterocycles. The Bertz CT molecular complexity index is 975. The Kier molecular flexibility index (Phi) is 4.33. The molecule has 0 unspecified atom stereocenters. The monoisotopic (exact) mass is 362 g/mol. The van der Waals surface area contributed by atoms with E-state index < -0.39 is 10.9 Å². The highest BCUT2D eigenvalue weighted by Gasteiger charge is 2.23. The third-order valence-electron chi connectivity index (χ3n) is 3.25. The van der Waals surface area contributed by atoms with Gasteiger partial charge in [-0.1, -0.05) is 29.3 Å². The summed E-state index contributed by atoms with van der Waals surface area (Å²) in [7, 11) is 0. The molecule has 0 fully saturated rings. The zero-order valence-corrected chi connectivity index (χ0v) is 13.4. The minimum Gasteiger partial charge on any atom is -0.413 e. The zero-order valence-electron chi connectivity index (χ0n) is 11.9. The van der Waals surface area contributed by atoms with Crippen LogP contribution in [0.25, 0.3) is 10.9 Å². The van der Waals surface area contributed by atoms with E-state index in [-0.39, 0.29) is 32.6 Å². The molecule has 2 aromatic carbocycles. The number of hydrogen-bond acceptors (Lipinski definition) is 5. The fourth-order valence-corrected chi connectivity index (χ4v) is 2.42. The fraction of sp³-hybridized carbons (Fsp3) is 0. The number of nitrogens with zero attached hydrogens (tertiary/aromatic N) is 2. The summed E-state index contributed by atoms with van der Waals surface area (Å²) < 4.78 is 5.26. The fourth-order valence-electron chi connectivity index (χ4n) is 2.13. The maximum Gasteiger partial charge on any atom is 0.343 e. The van der Waals surface area contributed by atoms with Crippen molar-refractivity contribution in [1.82, 2.24) is 4.98 Å². The summed E-state index contributed by atoms with van der Waals surface area (Å²) >= 11 is 11.7. The van der Waals surface area contributed by atoms with Crippen LogP contribution in [0.2, 0.25) is 10.0 Å². The van der Waals surface area contributed by atoms with Crippen LogP contribution in [-0.4, -0.2) is 15.9 Å². The molecule has 0 saturated carbocycles. The molecule has 120 valence electrons. The van der Waals surface area contributed by atoms with Gasteiger partial charge in [0.15, 0.2) is 0 Å². The summed E-state index contributed by atoms with van der Waals surface area (Å²) in [6, 6.07) is 10.4. The summed E-state index contributed by atoms with van der Waals surface area (Å²) in [6.45, 7) is 0. The first-order chi connectivity index (χ1) is 11.5. The van der Waals surface area contributed by atoms with Gasteiger partial charge in [-0.15, -0.1) is 0 Å². The van der Waals surface area contributed by atoms with Crippen molar-refractivity contribution < 1.29 is 14.5 Å². The van der Waals surface area contributed by atoms with Gasteiger partial charge in [-0.25, -0.2) is 4.79 Å². The molecule has 0 spiro atoms. The molecule has 0 saturated heterocycles. The predicted octanol–water partition coefficient (Wildman–Crippen LogP) is 4.67. The van der Waals surface area contributed by atoms with Crippen LogP contribution in [0.5, 0.6) is 5.75 Å². The standard InChI is InChI=1S/C16H8Cl2N2O4/c17-11-5-3-10(8-12(11)18)16(21)24-15-13(20(22)23)6-4-9-2-1-7-19-14(9)15/h1-8H. The van der Waals surface area contributed by atoms with Crippen LogP contribution < -0.4 is 4.74 Å². The lowest BCUT2D eigenvalue weighted by Crippen LogP contribution is -2.10. The SMILES string of the molecule is O=C(Oc1c([N+](=O)[O-])ccc2cccnc12)c1ccc(Cl)c(Cl)c1. The van der Waals surface area contributed by atoms with Crippen molar-refractivity contribution in [2.45, 2.75) is 0 Å². The number of carbonyl (C=O) groups excluding carboxylic acids is 1. The molecule has 0 bridgehead atoms.